The highest BCUT2D eigenvalue weighted by atomic mass is 19.1. The zero-order valence-corrected chi connectivity index (χ0v) is 11.4. The number of non-ortho nitro benzene ring substituents is 1. The molecule has 0 atom stereocenters. The van der Waals surface area contributed by atoms with E-state index in [-0.39, 0.29) is 17.3 Å². The number of nitrogens with one attached hydrogen (secondary N) is 1. The van der Waals surface area contributed by atoms with E-state index in [1.165, 1.54) is 12.1 Å². The van der Waals surface area contributed by atoms with Crippen LogP contribution in [0.2, 0.25) is 0 Å². The average Bonchev–Trinajstić information content (AvgIpc) is 2.47. The van der Waals surface area contributed by atoms with E-state index in [0.29, 0.717) is 5.82 Å². The number of pyridine rings is 1. The second-order valence-electron chi connectivity index (χ2n) is 4.26. The number of anilines is 1. The molecule has 2 rings (SSSR count). The number of benzene rings is 1. The Kier molecular flexibility index (Phi) is 4.65. The van der Waals surface area contributed by atoms with Gasteiger partial charge in [-0.1, -0.05) is 13.0 Å². The van der Waals surface area contributed by atoms with Crippen molar-refractivity contribution < 1.29 is 14.1 Å². The lowest BCUT2D eigenvalue weighted by Gasteiger charge is -2.08. The Labute approximate surface area is 120 Å². The molecule has 1 N–H and O–H groups in total. The molecule has 0 amide bonds. The summed E-state index contributed by atoms with van der Waals surface area (Å²) in [5.41, 5.74) is -0.328. The highest BCUT2D eigenvalue weighted by Crippen LogP contribution is 2.27. The summed E-state index contributed by atoms with van der Waals surface area (Å²) in [5.74, 6) is -0.0841. The van der Waals surface area contributed by atoms with Crippen molar-refractivity contribution in [3.8, 4) is 11.6 Å². The largest absolute Gasteiger partial charge is 0.436 e. The first-order valence-electron chi connectivity index (χ1n) is 6.43. The third-order valence-electron chi connectivity index (χ3n) is 2.62. The summed E-state index contributed by atoms with van der Waals surface area (Å²) < 4.78 is 19.0. The van der Waals surface area contributed by atoms with Gasteiger partial charge in [-0.15, -0.1) is 0 Å². The van der Waals surface area contributed by atoms with Crippen LogP contribution in [0.5, 0.6) is 11.6 Å². The maximum Gasteiger partial charge on any atom is 0.272 e. The molecule has 1 aromatic carbocycles. The lowest BCUT2D eigenvalue weighted by molar-refractivity contribution is -0.385. The minimum atomic E-state index is -0.807. The van der Waals surface area contributed by atoms with E-state index in [4.69, 9.17) is 4.74 Å². The van der Waals surface area contributed by atoms with Crippen LogP contribution in [0.3, 0.4) is 0 Å². The molecule has 0 fully saturated rings. The Morgan fingerprint density at radius 3 is 2.86 bits per heavy atom. The molecule has 110 valence electrons. The highest BCUT2D eigenvalue weighted by Gasteiger charge is 2.12. The topological polar surface area (TPSA) is 77.3 Å². The lowest BCUT2D eigenvalue weighted by atomic mass is 10.3. The number of ether oxygens (including phenoxy) is 1. The molecule has 0 spiro atoms. The van der Waals surface area contributed by atoms with Crippen LogP contribution in [0.4, 0.5) is 15.9 Å². The van der Waals surface area contributed by atoms with Gasteiger partial charge in [0.05, 0.1) is 11.0 Å². The second kappa shape index (κ2) is 6.65. The van der Waals surface area contributed by atoms with Crippen LogP contribution in [0, 0.1) is 15.9 Å². The second-order valence-corrected chi connectivity index (χ2v) is 4.26. The van der Waals surface area contributed by atoms with Gasteiger partial charge in [0.1, 0.15) is 5.82 Å². The van der Waals surface area contributed by atoms with Crippen LogP contribution in [0.1, 0.15) is 13.3 Å². The van der Waals surface area contributed by atoms with Gasteiger partial charge in [0, 0.05) is 18.7 Å². The number of rotatable bonds is 6. The van der Waals surface area contributed by atoms with Crippen molar-refractivity contribution in [1.29, 1.82) is 0 Å². The SMILES string of the molecule is CCCNc1cccc(Oc2ccc([N+](=O)[O-])cc2F)n1. The first kappa shape index (κ1) is 14.7. The van der Waals surface area contributed by atoms with Gasteiger partial charge in [-0.05, 0) is 18.6 Å². The minimum Gasteiger partial charge on any atom is -0.436 e. The zero-order valence-electron chi connectivity index (χ0n) is 11.4. The molecule has 0 aliphatic heterocycles. The first-order valence-corrected chi connectivity index (χ1v) is 6.43. The van der Waals surface area contributed by atoms with E-state index >= 15 is 0 Å². The van der Waals surface area contributed by atoms with Crippen LogP contribution in [-0.4, -0.2) is 16.5 Å². The van der Waals surface area contributed by atoms with Crippen LogP contribution in [-0.2, 0) is 0 Å². The fraction of sp³-hybridized carbons (Fsp3) is 0.214. The lowest BCUT2D eigenvalue weighted by Crippen LogP contribution is -2.02. The maximum absolute atomic E-state index is 13.7. The number of aromatic nitrogens is 1. The molecule has 0 unspecified atom stereocenters. The van der Waals surface area contributed by atoms with E-state index in [0.717, 1.165) is 19.0 Å². The summed E-state index contributed by atoms with van der Waals surface area (Å²) in [4.78, 5) is 14.0. The van der Waals surface area contributed by atoms with E-state index in [2.05, 4.69) is 10.3 Å². The fourth-order valence-electron chi connectivity index (χ4n) is 1.62. The number of halogens is 1. The summed E-state index contributed by atoms with van der Waals surface area (Å²) in [6.45, 7) is 2.79. The molecule has 2 aromatic rings. The Balaban J connectivity index is 2.16. The van der Waals surface area contributed by atoms with Gasteiger partial charge >= 0.3 is 0 Å². The van der Waals surface area contributed by atoms with Crippen molar-refractivity contribution in [2.24, 2.45) is 0 Å². The summed E-state index contributed by atoms with van der Waals surface area (Å²) in [6.07, 6.45) is 0.948. The molecular formula is C14H14FN3O3. The van der Waals surface area contributed by atoms with Crippen molar-refractivity contribution in [2.75, 3.05) is 11.9 Å². The van der Waals surface area contributed by atoms with Crippen LogP contribution >= 0.6 is 0 Å². The van der Waals surface area contributed by atoms with Gasteiger partial charge in [0.25, 0.3) is 5.69 Å². The minimum absolute atomic E-state index is 0.110. The molecule has 0 saturated heterocycles. The van der Waals surface area contributed by atoms with Crippen molar-refractivity contribution in [1.82, 2.24) is 4.98 Å². The van der Waals surface area contributed by atoms with Crippen LogP contribution < -0.4 is 10.1 Å². The zero-order chi connectivity index (χ0) is 15.2. The van der Waals surface area contributed by atoms with Crippen LogP contribution in [0.25, 0.3) is 0 Å². The molecule has 1 heterocycles. The Morgan fingerprint density at radius 1 is 1.38 bits per heavy atom. The number of hydrogen-bond donors (Lipinski definition) is 1. The number of hydrogen-bond acceptors (Lipinski definition) is 5. The number of nitro groups is 1. The predicted octanol–water partition coefficient (Wildman–Crippen LogP) is 3.74. The van der Waals surface area contributed by atoms with Crippen molar-refractivity contribution in [3.05, 3.63) is 52.3 Å². The molecular weight excluding hydrogens is 277 g/mol. The smallest absolute Gasteiger partial charge is 0.272 e. The molecule has 0 saturated carbocycles. The van der Waals surface area contributed by atoms with Gasteiger partial charge in [-0.3, -0.25) is 10.1 Å². The van der Waals surface area contributed by atoms with Crippen LogP contribution in [0.15, 0.2) is 36.4 Å². The van der Waals surface area contributed by atoms with Crippen molar-refractivity contribution in [3.63, 3.8) is 0 Å². The number of nitrogens with zero attached hydrogens (tertiary/aromatic N) is 2. The first-order chi connectivity index (χ1) is 10.1. The predicted molar refractivity (Wildman–Crippen MR) is 76.1 cm³/mol. The standard InChI is InChI=1S/C14H14FN3O3/c1-2-8-16-13-4-3-5-14(17-13)21-12-7-6-10(18(19)20)9-11(12)15/h3-7,9H,2,8H2,1H3,(H,16,17). The fourth-order valence-corrected chi connectivity index (χ4v) is 1.62. The summed E-state index contributed by atoms with van der Waals surface area (Å²) in [6, 6.07) is 8.28. The molecule has 6 nitrogen and oxygen atoms in total. The molecule has 1 aromatic heterocycles. The normalized spacial score (nSPS) is 10.2. The van der Waals surface area contributed by atoms with E-state index in [1.807, 2.05) is 6.92 Å². The Hall–Kier alpha value is -2.70. The summed E-state index contributed by atoms with van der Waals surface area (Å²) in [5, 5.41) is 13.6. The average molecular weight is 291 g/mol. The summed E-state index contributed by atoms with van der Waals surface area (Å²) >= 11 is 0. The Morgan fingerprint density at radius 2 is 2.19 bits per heavy atom. The van der Waals surface area contributed by atoms with E-state index in [9.17, 15) is 14.5 Å². The maximum atomic E-state index is 13.7. The molecule has 21 heavy (non-hydrogen) atoms. The summed E-state index contributed by atoms with van der Waals surface area (Å²) in [7, 11) is 0. The van der Waals surface area contributed by atoms with Gasteiger partial charge in [-0.2, -0.15) is 4.98 Å². The van der Waals surface area contributed by atoms with Gasteiger partial charge < -0.3 is 10.1 Å². The molecule has 7 heteroatoms. The molecule has 0 aliphatic rings. The third-order valence-corrected chi connectivity index (χ3v) is 2.62. The van der Waals surface area contributed by atoms with Gasteiger partial charge in [-0.25, -0.2) is 4.39 Å². The Bertz CT molecular complexity index is 649. The highest BCUT2D eigenvalue weighted by molar-refractivity contribution is 5.41. The molecule has 0 bridgehead atoms. The van der Waals surface area contributed by atoms with Crippen molar-refractivity contribution in [2.45, 2.75) is 13.3 Å². The van der Waals surface area contributed by atoms with E-state index in [1.54, 1.807) is 18.2 Å². The quantitative estimate of drug-likeness (QED) is 0.648. The van der Waals surface area contributed by atoms with Gasteiger partial charge in [0.2, 0.25) is 5.88 Å². The molecule has 0 radical (unpaired) electrons. The van der Waals surface area contributed by atoms with E-state index < -0.39 is 10.7 Å². The monoisotopic (exact) mass is 291 g/mol. The van der Waals surface area contributed by atoms with Gasteiger partial charge in [0.15, 0.2) is 11.6 Å². The number of nitro benzene ring substituents is 1. The molecule has 0 aliphatic carbocycles. The van der Waals surface area contributed by atoms with Crippen molar-refractivity contribution >= 4 is 11.5 Å². The third kappa shape index (κ3) is 3.88.